The quantitative estimate of drug-likeness (QED) is 0.156. The summed E-state index contributed by atoms with van der Waals surface area (Å²) in [5.41, 5.74) is 7.73. The van der Waals surface area contributed by atoms with Crippen molar-refractivity contribution in [2.24, 2.45) is 0 Å². The largest absolute Gasteiger partial charge is 0.289 e. The average Bonchev–Trinajstić information content (AvgIpc) is 3.59. The molecule has 0 saturated carbocycles. The minimum absolute atomic E-state index is 0.0395. The summed E-state index contributed by atoms with van der Waals surface area (Å²) in [5, 5.41) is 2.32. The molecule has 1 aliphatic rings. The van der Waals surface area contributed by atoms with Crippen molar-refractivity contribution in [2.75, 3.05) is 0 Å². The highest BCUT2D eigenvalue weighted by Crippen LogP contribution is 2.50. The molecule has 8 rings (SSSR count). The second-order valence-corrected chi connectivity index (χ2v) is 12.7. The molecular weight excluding hydrogens is 532 g/mol. The molecular formula is C39H25O2S+. The average molecular weight is 558 g/mol. The van der Waals surface area contributed by atoms with Crippen LogP contribution >= 0.6 is 10.5 Å². The van der Waals surface area contributed by atoms with Crippen LogP contribution in [0.3, 0.4) is 0 Å². The van der Waals surface area contributed by atoms with E-state index in [1.165, 1.54) is 36.4 Å². The number of rotatable bonds is 5. The van der Waals surface area contributed by atoms with Gasteiger partial charge in [-0.2, -0.15) is 0 Å². The van der Waals surface area contributed by atoms with Crippen LogP contribution in [-0.4, -0.2) is 11.6 Å². The lowest BCUT2D eigenvalue weighted by molar-refractivity contribution is 0.103. The fourth-order valence-electron chi connectivity index (χ4n) is 6.23. The van der Waals surface area contributed by atoms with Crippen LogP contribution in [-0.2, 0) is 6.42 Å². The number of thiophene rings is 1. The zero-order valence-electron chi connectivity index (χ0n) is 22.7. The van der Waals surface area contributed by atoms with Gasteiger partial charge >= 0.3 is 0 Å². The Morgan fingerprint density at radius 2 is 1.00 bits per heavy atom. The summed E-state index contributed by atoms with van der Waals surface area (Å²) in [7, 11) is -0.298. The van der Waals surface area contributed by atoms with Crippen molar-refractivity contribution in [2.45, 2.75) is 6.42 Å². The number of ketones is 2. The first-order valence-electron chi connectivity index (χ1n) is 14.1. The van der Waals surface area contributed by atoms with Crippen LogP contribution in [0, 0.1) is 0 Å². The molecule has 0 radical (unpaired) electrons. The summed E-state index contributed by atoms with van der Waals surface area (Å²) in [6.07, 6.45) is 0.872. The summed E-state index contributed by atoms with van der Waals surface area (Å²) < 4.78 is 2.52. The first kappa shape index (κ1) is 24.7. The maximum absolute atomic E-state index is 13.3. The van der Waals surface area contributed by atoms with Crippen LogP contribution in [0.25, 0.3) is 36.2 Å². The fourth-order valence-corrected chi connectivity index (χ4v) is 8.62. The first-order chi connectivity index (χ1) is 20.7. The van der Waals surface area contributed by atoms with Crippen LogP contribution in [0.5, 0.6) is 0 Å². The number of carbonyl (C=O) groups excluding carboxylic acids is 2. The Hall–Kier alpha value is -5.12. The van der Waals surface area contributed by atoms with E-state index in [0.717, 1.165) is 17.4 Å². The minimum atomic E-state index is -0.298. The lowest BCUT2D eigenvalue weighted by atomic mass is 9.98. The highest BCUT2D eigenvalue weighted by molar-refractivity contribution is 7.50. The second-order valence-electron chi connectivity index (χ2n) is 10.8. The van der Waals surface area contributed by atoms with Crippen molar-refractivity contribution in [3.63, 3.8) is 0 Å². The third-order valence-electron chi connectivity index (χ3n) is 8.29. The van der Waals surface area contributed by atoms with Crippen molar-refractivity contribution in [1.82, 2.24) is 0 Å². The monoisotopic (exact) mass is 557 g/mol. The molecule has 0 bridgehead atoms. The SMILES string of the molecule is O=C(c1ccccc1)c1ccc2c(c1)-c1cc(-[s+]3c4ccccc4c4cc(C(=O)c5ccccc5)ccc43)ccc1C2. The topological polar surface area (TPSA) is 34.1 Å². The summed E-state index contributed by atoms with van der Waals surface area (Å²) in [6, 6.07) is 46.7. The van der Waals surface area contributed by atoms with Crippen LogP contribution in [0.1, 0.15) is 43.0 Å². The number of hydrogen-bond acceptors (Lipinski definition) is 2. The van der Waals surface area contributed by atoms with Crippen LogP contribution in [0.15, 0.2) is 140 Å². The van der Waals surface area contributed by atoms with Gasteiger partial charge in [0, 0.05) is 49.6 Å². The molecule has 3 heteroatoms. The van der Waals surface area contributed by atoms with Gasteiger partial charge < -0.3 is 0 Å². The van der Waals surface area contributed by atoms with E-state index in [4.69, 9.17) is 0 Å². The molecule has 0 fully saturated rings. The van der Waals surface area contributed by atoms with Gasteiger partial charge in [-0.1, -0.05) is 91.0 Å². The number of fused-ring (bicyclic) bond motifs is 6. The van der Waals surface area contributed by atoms with Gasteiger partial charge in [-0.05, 0) is 71.1 Å². The van der Waals surface area contributed by atoms with Gasteiger partial charge in [0.1, 0.15) is 0 Å². The second kappa shape index (κ2) is 9.76. The standard InChI is InChI=1S/C39H25O2S/c40-38(25-9-3-1-4-10-25)29-16-15-27-21-28-17-19-31(24-34(28)33(27)22-29)42-36-14-8-7-13-32(36)35-23-30(18-20-37(35)42)39(41)26-11-5-2-6-12-26/h1-20,22-24H,21H2/q+1. The molecule has 0 N–H and O–H groups in total. The predicted octanol–water partition coefficient (Wildman–Crippen LogP) is 9.76. The Morgan fingerprint density at radius 1 is 0.452 bits per heavy atom. The van der Waals surface area contributed by atoms with E-state index >= 15 is 0 Å². The van der Waals surface area contributed by atoms with Gasteiger partial charge in [0.05, 0.1) is 0 Å². The third kappa shape index (κ3) is 3.93. The first-order valence-corrected chi connectivity index (χ1v) is 15.3. The highest BCUT2D eigenvalue weighted by Gasteiger charge is 2.28. The number of carbonyl (C=O) groups is 2. The Bertz CT molecular complexity index is 2190. The van der Waals surface area contributed by atoms with Gasteiger partial charge in [-0.15, -0.1) is 0 Å². The zero-order chi connectivity index (χ0) is 28.2. The number of benzene rings is 6. The molecule has 198 valence electrons. The van der Waals surface area contributed by atoms with Crippen LogP contribution in [0.4, 0.5) is 0 Å². The zero-order valence-corrected chi connectivity index (χ0v) is 23.5. The number of hydrogen-bond donors (Lipinski definition) is 0. The van der Waals surface area contributed by atoms with Crippen molar-refractivity contribution < 1.29 is 9.59 Å². The molecule has 7 aromatic rings. The minimum Gasteiger partial charge on any atom is -0.289 e. The molecule has 6 aromatic carbocycles. The molecule has 0 amide bonds. The van der Waals surface area contributed by atoms with E-state index in [9.17, 15) is 9.59 Å². The van der Waals surface area contributed by atoms with E-state index in [1.54, 1.807) is 0 Å². The van der Waals surface area contributed by atoms with Gasteiger partial charge in [-0.3, -0.25) is 9.59 Å². The summed E-state index contributed by atoms with van der Waals surface area (Å²) >= 11 is 0. The fraction of sp³-hybridized carbons (Fsp3) is 0.0256. The van der Waals surface area contributed by atoms with E-state index in [2.05, 4.69) is 66.7 Å². The van der Waals surface area contributed by atoms with Crippen molar-refractivity contribution >= 4 is 42.2 Å². The van der Waals surface area contributed by atoms with Crippen molar-refractivity contribution in [1.29, 1.82) is 0 Å². The molecule has 0 spiro atoms. The molecule has 1 aromatic heterocycles. The predicted molar refractivity (Wildman–Crippen MR) is 173 cm³/mol. The Balaban J connectivity index is 1.26. The Kier molecular flexibility index (Phi) is 5.73. The molecule has 2 nitrogen and oxygen atoms in total. The van der Waals surface area contributed by atoms with Gasteiger partial charge in [0.25, 0.3) is 0 Å². The highest BCUT2D eigenvalue weighted by atomic mass is 32.2. The molecule has 1 atom stereocenters. The summed E-state index contributed by atoms with van der Waals surface area (Å²) in [5.74, 6) is 0.0852. The third-order valence-corrected chi connectivity index (χ3v) is 10.6. The molecule has 1 unspecified atom stereocenters. The molecule has 0 saturated heterocycles. The smallest absolute Gasteiger partial charge is 0.193 e. The van der Waals surface area contributed by atoms with Gasteiger partial charge in [0.15, 0.2) is 25.9 Å². The molecule has 0 aliphatic heterocycles. The van der Waals surface area contributed by atoms with E-state index in [0.29, 0.717) is 22.3 Å². The molecule has 1 heterocycles. The Morgan fingerprint density at radius 3 is 1.71 bits per heavy atom. The van der Waals surface area contributed by atoms with Crippen LogP contribution in [0.2, 0.25) is 0 Å². The van der Waals surface area contributed by atoms with Crippen molar-refractivity contribution in [3.05, 3.63) is 173 Å². The normalized spacial score (nSPS) is 12.3. The van der Waals surface area contributed by atoms with E-state index in [1.807, 2.05) is 72.8 Å². The van der Waals surface area contributed by atoms with Crippen molar-refractivity contribution in [3.8, 4) is 16.0 Å². The molecule has 1 aliphatic carbocycles. The van der Waals surface area contributed by atoms with Crippen LogP contribution < -0.4 is 0 Å². The van der Waals surface area contributed by atoms with Gasteiger partial charge in [-0.25, -0.2) is 0 Å². The lowest BCUT2D eigenvalue weighted by Gasteiger charge is -2.06. The summed E-state index contributed by atoms with van der Waals surface area (Å²) in [6.45, 7) is 0. The lowest BCUT2D eigenvalue weighted by Crippen LogP contribution is -2.01. The molecule has 42 heavy (non-hydrogen) atoms. The maximum atomic E-state index is 13.3. The van der Waals surface area contributed by atoms with Gasteiger partial charge in [0.2, 0.25) is 0 Å². The van der Waals surface area contributed by atoms with E-state index in [-0.39, 0.29) is 22.0 Å². The maximum Gasteiger partial charge on any atom is 0.193 e. The Labute approximate surface area is 246 Å². The summed E-state index contributed by atoms with van der Waals surface area (Å²) in [4.78, 5) is 27.8. The van der Waals surface area contributed by atoms with E-state index < -0.39 is 0 Å².